The second-order valence-corrected chi connectivity index (χ2v) is 5.88. The Kier molecular flexibility index (Phi) is 3.56. The van der Waals surface area contributed by atoms with Crippen molar-refractivity contribution in [3.63, 3.8) is 0 Å². The highest BCUT2D eigenvalue weighted by Gasteiger charge is 2.26. The first-order valence-corrected chi connectivity index (χ1v) is 7.78. The van der Waals surface area contributed by atoms with E-state index in [-0.39, 0.29) is 17.7 Å². The third-order valence-corrected chi connectivity index (χ3v) is 4.33. The van der Waals surface area contributed by atoms with Crippen LogP contribution in [0.25, 0.3) is 5.65 Å². The van der Waals surface area contributed by atoms with Gasteiger partial charge in [-0.2, -0.15) is 0 Å². The first kappa shape index (κ1) is 15.4. The highest BCUT2D eigenvalue weighted by Crippen LogP contribution is 2.18. The van der Waals surface area contributed by atoms with Gasteiger partial charge in [-0.15, -0.1) is 0 Å². The van der Waals surface area contributed by atoms with Crippen LogP contribution < -0.4 is 5.56 Å². The van der Waals surface area contributed by atoms with E-state index in [4.69, 9.17) is 0 Å². The minimum Gasteiger partial charge on any atom is -0.334 e. The summed E-state index contributed by atoms with van der Waals surface area (Å²) in [5.41, 5.74) is 1.52. The molecule has 0 saturated heterocycles. The molecule has 1 aliphatic rings. The maximum atomic E-state index is 13.4. The van der Waals surface area contributed by atoms with Gasteiger partial charge in [0.15, 0.2) is 11.6 Å². The molecule has 0 N–H and O–H groups in total. The molecule has 0 atom stereocenters. The minimum absolute atomic E-state index is 0.0520. The number of benzene rings is 1. The van der Waals surface area contributed by atoms with Crippen molar-refractivity contribution in [1.82, 2.24) is 14.3 Å². The molecule has 1 aliphatic heterocycles. The number of hydrogen-bond donors (Lipinski definition) is 0. The highest BCUT2D eigenvalue weighted by atomic mass is 19.2. The van der Waals surface area contributed by atoms with Crippen LogP contribution in [0.1, 0.15) is 21.6 Å². The second-order valence-electron chi connectivity index (χ2n) is 5.88. The van der Waals surface area contributed by atoms with Crippen LogP contribution in [-0.4, -0.2) is 26.7 Å². The molecule has 1 aromatic carbocycles. The first-order chi connectivity index (χ1) is 12.0. The van der Waals surface area contributed by atoms with E-state index in [2.05, 4.69) is 4.98 Å². The predicted molar refractivity (Wildman–Crippen MR) is 86.3 cm³/mol. The lowest BCUT2D eigenvalue weighted by atomic mass is 10.1. The Balaban J connectivity index is 1.70. The van der Waals surface area contributed by atoms with E-state index in [1.807, 2.05) is 0 Å². The number of nitrogens with zero attached hydrogens (tertiary/aromatic N) is 3. The average Bonchev–Trinajstić information content (AvgIpc) is 2.63. The molecule has 3 aromatic rings. The molecule has 126 valence electrons. The van der Waals surface area contributed by atoms with Gasteiger partial charge < -0.3 is 4.90 Å². The number of rotatable bonds is 1. The van der Waals surface area contributed by atoms with Crippen molar-refractivity contribution in [2.45, 2.75) is 13.0 Å². The highest BCUT2D eigenvalue weighted by molar-refractivity contribution is 5.94. The van der Waals surface area contributed by atoms with Crippen molar-refractivity contribution in [3.8, 4) is 0 Å². The third-order valence-electron chi connectivity index (χ3n) is 4.33. The quantitative estimate of drug-likeness (QED) is 0.682. The molecule has 0 aliphatic carbocycles. The topological polar surface area (TPSA) is 54.7 Å². The van der Waals surface area contributed by atoms with Crippen molar-refractivity contribution < 1.29 is 13.6 Å². The molecule has 0 bridgehead atoms. The minimum atomic E-state index is -1.07. The summed E-state index contributed by atoms with van der Waals surface area (Å²) in [7, 11) is 0. The fourth-order valence-electron chi connectivity index (χ4n) is 3.03. The number of pyridine rings is 1. The molecule has 3 heterocycles. The maximum Gasteiger partial charge on any atom is 0.263 e. The van der Waals surface area contributed by atoms with Gasteiger partial charge in [-0.25, -0.2) is 13.8 Å². The summed E-state index contributed by atoms with van der Waals surface area (Å²) >= 11 is 0. The molecule has 2 aromatic heterocycles. The number of carbonyl (C=O) groups excluding carboxylic acids is 1. The van der Waals surface area contributed by atoms with Crippen LogP contribution in [0.2, 0.25) is 0 Å². The summed E-state index contributed by atoms with van der Waals surface area (Å²) < 4.78 is 27.9. The van der Waals surface area contributed by atoms with Gasteiger partial charge in [-0.05, 0) is 30.3 Å². The normalized spacial score (nSPS) is 13.8. The summed E-state index contributed by atoms with van der Waals surface area (Å²) in [5, 5.41) is 0. The van der Waals surface area contributed by atoms with Crippen LogP contribution in [0, 0.1) is 11.6 Å². The summed E-state index contributed by atoms with van der Waals surface area (Å²) in [6.45, 7) is 0.455. The average molecular weight is 341 g/mol. The van der Waals surface area contributed by atoms with E-state index in [0.29, 0.717) is 29.9 Å². The van der Waals surface area contributed by atoms with E-state index >= 15 is 0 Å². The Hall–Kier alpha value is -3.09. The lowest BCUT2D eigenvalue weighted by molar-refractivity contribution is 0.0732. The number of aromatic nitrogens is 2. The monoisotopic (exact) mass is 341 g/mol. The van der Waals surface area contributed by atoms with Crippen LogP contribution >= 0.6 is 0 Å². The fourth-order valence-corrected chi connectivity index (χ4v) is 3.03. The summed E-state index contributed by atoms with van der Waals surface area (Å²) in [4.78, 5) is 31.1. The molecule has 1 amide bonds. The van der Waals surface area contributed by atoms with Gasteiger partial charge >= 0.3 is 0 Å². The molecule has 4 rings (SSSR count). The van der Waals surface area contributed by atoms with Crippen LogP contribution in [0.5, 0.6) is 0 Å². The smallest absolute Gasteiger partial charge is 0.263 e. The lowest BCUT2D eigenvalue weighted by Gasteiger charge is -2.28. The number of amides is 1. The van der Waals surface area contributed by atoms with Gasteiger partial charge in [0, 0.05) is 24.7 Å². The van der Waals surface area contributed by atoms with Gasteiger partial charge in [0.05, 0.1) is 17.8 Å². The number of hydrogen-bond acceptors (Lipinski definition) is 3. The van der Waals surface area contributed by atoms with Crippen molar-refractivity contribution in [2.24, 2.45) is 0 Å². The van der Waals surface area contributed by atoms with Gasteiger partial charge in [0.1, 0.15) is 5.65 Å². The molecule has 0 fully saturated rings. The zero-order chi connectivity index (χ0) is 17.6. The molecule has 5 nitrogen and oxygen atoms in total. The molecular weight excluding hydrogens is 328 g/mol. The zero-order valence-corrected chi connectivity index (χ0v) is 13.1. The van der Waals surface area contributed by atoms with Crippen molar-refractivity contribution in [1.29, 1.82) is 0 Å². The van der Waals surface area contributed by atoms with E-state index in [0.717, 1.165) is 12.1 Å². The zero-order valence-electron chi connectivity index (χ0n) is 13.1. The summed E-state index contributed by atoms with van der Waals surface area (Å²) in [5.74, 6) is -2.52. The molecule has 0 radical (unpaired) electrons. The Morgan fingerprint density at radius 2 is 1.96 bits per heavy atom. The Morgan fingerprint density at radius 1 is 1.12 bits per heavy atom. The Labute approximate surface area is 141 Å². The van der Waals surface area contributed by atoms with Crippen LogP contribution in [0.15, 0.2) is 47.4 Å². The number of fused-ring (bicyclic) bond motifs is 2. The van der Waals surface area contributed by atoms with Crippen LogP contribution in [0.3, 0.4) is 0 Å². The van der Waals surface area contributed by atoms with Crippen molar-refractivity contribution in [2.75, 3.05) is 6.54 Å². The molecule has 0 spiro atoms. The van der Waals surface area contributed by atoms with E-state index in [1.54, 1.807) is 24.4 Å². The Bertz CT molecular complexity index is 1060. The van der Waals surface area contributed by atoms with E-state index in [9.17, 15) is 18.4 Å². The maximum absolute atomic E-state index is 13.4. The van der Waals surface area contributed by atoms with E-state index in [1.165, 1.54) is 15.4 Å². The van der Waals surface area contributed by atoms with Gasteiger partial charge in [-0.1, -0.05) is 6.07 Å². The van der Waals surface area contributed by atoms with Gasteiger partial charge in [0.2, 0.25) is 0 Å². The van der Waals surface area contributed by atoms with Crippen LogP contribution in [0.4, 0.5) is 8.78 Å². The number of carbonyl (C=O) groups is 1. The SMILES string of the molecule is O=C(c1ccc(F)c(F)c1)N1CCc2nc3ccccn3c(=O)c2C1. The first-order valence-electron chi connectivity index (χ1n) is 7.78. The molecule has 25 heavy (non-hydrogen) atoms. The molecule has 0 unspecified atom stereocenters. The van der Waals surface area contributed by atoms with Crippen molar-refractivity contribution in [3.05, 3.63) is 81.4 Å². The van der Waals surface area contributed by atoms with Gasteiger partial charge in [-0.3, -0.25) is 14.0 Å². The predicted octanol–water partition coefficient (Wildman–Crippen LogP) is 2.17. The van der Waals surface area contributed by atoms with Crippen molar-refractivity contribution >= 4 is 11.6 Å². The largest absolute Gasteiger partial charge is 0.334 e. The van der Waals surface area contributed by atoms with Gasteiger partial charge in [0.25, 0.3) is 11.5 Å². The molecular formula is C18H13F2N3O2. The summed E-state index contributed by atoms with van der Waals surface area (Å²) in [6, 6.07) is 8.32. The fraction of sp³-hybridized carbons (Fsp3) is 0.167. The Morgan fingerprint density at radius 3 is 2.76 bits per heavy atom. The standard InChI is InChI=1S/C18H13F2N3O2/c19-13-5-4-11(9-14(13)20)17(24)22-8-6-15-12(10-22)18(25)23-7-2-1-3-16(23)21-15/h1-5,7,9H,6,8,10H2. The third kappa shape index (κ3) is 2.57. The molecule has 7 heteroatoms. The number of halogens is 2. The van der Waals surface area contributed by atoms with E-state index < -0.39 is 17.5 Å². The lowest BCUT2D eigenvalue weighted by Crippen LogP contribution is -2.40. The summed E-state index contributed by atoms with van der Waals surface area (Å²) in [6.07, 6.45) is 2.06. The molecule has 0 saturated carbocycles. The van der Waals surface area contributed by atoms with Crippen LogP contribution in [-0.2, 0) is 13.0 Å². The second kappa shape index (κ2) is 5.77.